The third kappa shape index (κ3) is 3.53. The summed E-state index contributed by atoms with van der Waals surface area (Å²) in [6, 6.07) is 5.80. The second-order valence-corrected chi connectivity index (χ2v) is 5.95. The van der Waals surface area contributed by atoms with Crippen LogP contribution in [0.1, 0.15) is 26.7 Å². The van der Waals surface area contributed by atoms with Gasteiger partial charge in [-0.3, -0.25) is 14.9 Å². The Kier molecular flexibility index (Phi) is 4.44. The van der Waals surface area contributed by atoms with Crippen molar-refractivity contribution in [2.45, 2.75) is 27.2 Å². The largest absolute Gasteiger partial charge is 0.481 e. The number of carboxylic acids is 1. The fourth-order valence-corrected chi connectivity index (χ4v) is 1.92. The minimum Gasteiger partial charge on any atom is -0.481 e. The third-order valence-corrected chi connectivity index (χ3v) is 4.07. The lowest BCUT2D eigenvalue weighted by Crippen LogP contribution is -2.32. The van der Waals surface area contributed by atoms with Gasteiger partial charge < -0.3 is 9.63 Å². The number of aromatic nitrogens is 2. The van der Waals surface area contributed by atoms with E-state index < -0.39 is 16.3 Å². The number of nitro benzene ring substituents is 1. The summed E-state index contributed by atoms with van der Waals surface area (Å²) in [6.07, 6.45) is 0.333. The molecule has 0 aliphatic rings. The molecule has 0 aliphatic carbocycles. The first-order valence-electron chi connectivity index (χ1n) is 7.02. The number of carboxylic acid groups (broad SMARTS) is 1. The van der Waals surface area contributed by atoms with Crippen molar-refractivity contribution in [2.75, 3.05) is 0 Å². The van der Waals surface area contributed by atoms with Crippen molar-refractivity contribution >= 4 is 11.7 Å². The molecule has 1 heterocycles. The fraction of sp³-hybridized carbons (Fsp3) is 0.400. The van der Waals surface area contributed by atoms with Crippen molar-refractivity contribution in [3.63, 3.8) is 0 Å². The Labute approximate surface area is 132 Å². The quantitative estimate of drug-likeness (QED) is 0.642. The first-order chi connectivity index (χ1) is 10.7. The van der Waals surface area contributed by atoms with E-state index in [0.29, 0.717) is 23.7 Å². The second-order valence-electron chi connectivity index (χ2n) is 5.95. The Morgan fingerprint density at radius 2 is 2.00 bits per heavy atom. The highest BCUT2D eigenvalue weighted by molar-refractivity contribution is 5.74. The lowest BCUT2D eigenvalue weighted by atomic mass is 9.78. The van der Waals surface area contributed by atoms with E-state index in [2.05, 4.69) is 10.1 Å². The van der Waals surface area contributed by atoms with Crippen LogP contribution < -0.4 is 0 Å². The number of benzene rings is 1. The van der Waals surface area contributed by atoms with Crippen molar-refractivity contribution in [3.05, 3.63) is 40.3 Å². The van der Waals surface area contributed by atoms with Crippen LogP contribution >= 0.6 is 0 Å². The van der Waals surface area contributed by atoms with Gasteiger partial charge in [-0.05, 0) is 31.9 Å². The molecule has 2 rings (SSSR count). The van der Waals surface area contributed by atoms with Crippen LogP contribution in [0.15, 0.2) is 28.8 Å². The van der Waals surface area contributed by atoms with Crippen LogP contribution in [0.2, 0.25) is 0 Å². The summed E-state index contributed by atoms with van der Waals surface area (Å²) in [7, 11) is 0. The van der Waals surface area contributed by atoms with Crippen LogP contribution in [0.3, 0.4) is 0 Å². The number of hydrogen-bond acceptors (Lipinski definition) is 6. The highest BCUT2D eigenvalue weighted by Crippen LogP contribution is 2.30. The van der Waals surface area contributed by atoms with Gasteiger partial charge in [0, 0.05) is 24.1 Å². The van der Waals surface area contributed by atoms with Gasteiger partial charge in [-0.1, -0.05) is 12.1 Å². The van der Waals surface area contributed by atoms with Gasteiger partial charge in [0.1, 0.15) is 0 Å². The Hall–Kier alpha value is -2.77. The van der Waals surface area contributed by atoms with Gasteiger partial charge in [0.05, 0.1) is 10.3 Å². The molecule has 23 heavy (non-hydrogen) atoms. The van der Waals surface area contributed by atoms with Crippen molar-refractivity contribution in [1.82, 2.24) is 10.1 Å². The maximum Gasteiger partial charge on any atom is 0.309 e. The summed E-state index contributed by atoms with van der Waals surface area (Å²) in [5.74, 6) is -0.444. The number of nitro groups is 1. The summed E-state index contributed by atoms with van der Waals surface area (Å²) in [5.41, 5.74) is -0.341. The Morgan fingerprint density at radius 1 is 1.39 bits per heavy atom. The number of aliphatic carboxylic acids is 1. The van der Waals surface area contributed by atoms with Crippen molar-refractivity contribution in [3.8, 4) is 11.4 Å². The van der Waals surface area contributed by atoms with E-state index in [1.54, 1.807) is 13.8 Å². The van der Waals surface area contributed by atoms with Crippen LogP contribution in [0.25, 0.3) is 11.4 Å². The molecular weight excluding hydrogens is 302 g/mol. The SMILES string of the molecule is CC(Cc1nc(-c2ccc([N+](=O)[O-])cc2)no1)C(C)(C)C(=O)O. The Morgan fingerprint density at radius 3 is 2.52 bits per heavy atom. The first-order valence-corrected chi connectivity index (χ1v) is 7.02. The van der Waals surface area contributed by atoms with Gasteiger partial charge in [-0.2, -0.15) is 4.98 Å². The average molecular weight is 319 g/mol. The third-order valence-electron chi connectivity index (χ3n) is 4.07. The smallest absolute Gasteiger partial charge is 0.309 e. The van der Waals surface area contributed by atoms with Gasteiger partial charge in [-0.25, -0.2) is 0 Å². The first kappa shape index (κ1) is 16.6. The molecule has 0 saturated heterocycles. The number of rotatable bonds is 6. The average Bonchev–Trinajstić information content (AvgIpc) is 2.95. The lowest BCUT2D eigenvalue weighted by Gasteiger charge is -2.25. The molecule has 122 valence electrons. The molecule has 8 heteroatoms. The highest BCUT2D eigenvalue weighted by atomic mass is 16.6. The normalized spacial score (nSPS) is 12.8. The maximum atomic E-state index is 11.2. The van der Waals surface area contributed by atoms with Crippen molar-refractivity contribution in [2.24, 2.45) is 11.3 Å². The van der Waals surface area contributed by atoms with Crippen LogP contribution in [-0.4, -0.2) is 26.1 Å². The fourth-order valence-electron chi connectivity index (χ4n) is 1.92. The van der Waals surface area contributed by atoms with Gasteiger partial charge in [0.15, 0.2) is 0 Å². The van der Waals surface area contributed by atoms with E-state index in [1.807, 2.05) is 6.92 Å². The van der Waals surface area contributed by atoms with E-state index in [9.17, 15) is 20.0 Å². The minimum absolute atomic E-state index is 0.0192. The van der Waals surface area contributed by atoms with Gasteiger partial charge in [0.25, 0.3) is 5.69 Å². The van der Waals surface area contributed by atoms with Crippen LogP contribution in [0.4, 0.5) is 5.69 Å². The zero-order valence-corrected chi connectivity index (χ0v) is 13.0. The minimum atomic E-state index is -0.915. The van der Waals surface area contributed by atoms with Crippen LogP contribution in [-0.2, 0) is 11.2 Å². The molecule has 2 aromatic rings. The molecule has 0 fully saturated rings. The molecule has 0 amide bonds. The number of nitrogens with zero attached hydrogens (tertiary/aromatic N) is 3. The summed E-state index contributed by atoms with van der Waals surface area (Å²) < 4.78 is 5.15. The molecule has 1 aromatic carbocycles. The van der Waals surface area contributed by atoms with E-state index in [1.165, 1.54) is 24.3 Å². The molecule has 1 unspecified atom stereocenters. The molecule has 0 saturated carbocycles. The maximum absolute atomic E-state index is 11.2. The Bertz CT molecular complexity index is 721. The van der Waals surface area contributed by atoms with E-state index in [-0.39, 0.29) is 11.6 Å². The monoisotopic (exact) mass is 319 g/mol. The highest BCUT2D eigenvalue weighted by Gasteiger charge is 2.34. The zero-order valence-electron chi connectivity index (χ0n) is 13.0. The van der Waals surface area contributed by atoms with Crippen molar-refractivity contribution in [1.29, 1.82) is 0 Å². The molecular formula is C15H17N3O5. The predicted molar refractivity (Wildman–Crippen MR) is 80.7 cm³/mol. The van der Waals surface area contributed by atoms with E-state index >= 15 is 0 Å². The molecule has 1 N–H and O–H groups in total. The van der Waals surface area contributed by atoms with Crippen molar-refractivity contribution < 1.29 is 19.3 Å². The number of carbonyl (C=O) groups is 1. The second kappa shape index (κ2) is 6.15. The van der Waals surface area contributed by atoms with E-state index in [4.69, 9.17) is 4.52 Å². The van der Waals surface area contributed by atoms with Crippen LogP contribution in [0.5, 0.6) is 0 Å². The summed E-state index contributed by atoms with van der Waals surface area (Å²) in [6.45, 7) is 5.10. The molecule has 1 atom stereocenters. The summed E-state index contributed by atoms with van der Waals surface area (Å²) in [5, 5.41) is 23.7. The molecule has 0 bridgehead atoms. The standard InChI is InChI=1S/C15H17N3O5/c1-9(15(2,3)14(19)20)8-12-16-13(17-23-12)10-4-6-11(7-5-10)18(21)22/h4-7,9H,8H2,1-3H3,(H,19,20). The predicted octanol–water partition coefficient (Wildman–Crippen LogP) is 2.93. The summed E-state index contributed by atoms with van der Waals surface area (Å²) in [4.78, 5) is 25.6. The summed E-state index contributed by atoms with van der Waals surface area (Å²) >= 11 is 0. The van der Waals surface area contributed by atoms with Crippen LogP contribution in [0, 0.1) is 21.4 Å². The number of non-ortho nitro benzene ring substituents is 1. The van der Waals surface area contributed by atoms with E-state index in [0.717, 1.165) is 0 Å². The zero-order chi connectivity index (χ0) is 17.2. The van der Waals surface area contributed by atoms with Gasteiger partial charge >= 0.3 is 5.97 Å². The molecule has 0 radical (unpaired) electrons. The lowest BCUT2D eigenvalue weighted by molar-refractivity contribution is -0.384. The molecule has 1 aromatic heterocycles. The van der Waals surface area contributed by atoms with Gasteiger partial charge in [0.2, 0.25) is 11.7 Å². The molecule has 0 spiro atoms. The Balaban J connectivity index is 2.14. The number of hydrogen-bond donors (Lipinski definition) is 1. The van der Waals surface area contributed by atoms with Gasteiger partial charge in [-0.15, -0.1) is 0 Å². The molecule has 8 nitrogen and oxygen atoms in total. The topological polar surface area (TPSA) is 119 Å². The molecule has 0 aliphatic heterocycles.